The topological polar surface area (TPSA) is 25.8 Å². The summed E-state index contributed by atoms with van der Waals surface area (Å²) in [7, 11) is 0. The minimum absolute atomic E-state index is 0.939. The summed E-state index contributed by atoms with van der Waals surface area (Å²) in [5.41, 5.74) is 11.4. The van der Waals surface area contributed by atoms with Gasteiger partial charge < -0.3 is 0 Å². The van der Waals surface area contributed by atoms with Crippen LogP contribution in [0.5, 0.6) is 0 Å². The molecule has 0 N–H and O–H groups in total. The van der Waals surface area contributed by atoms with Gasteiger partial charge in [-0.1, -0.05) is 140 Å². The molecule has 52 heavy (non-hydrogen) atoms. The second-order valence-corrected chi connectivity index (χ2v) is 13.4. The van der Waals surface area contributed by atoms with Gasteiger partial charge in [0.25, 0.3) is 0 Å². The molecule has 0 radical (unpaired) electrons. The highest BCUT2D eigenvalue weighted by Gasteiger charge is 2.18. The molecule has 0 spiro atoms. The maximum atomic E-state index is 4.98. The highest BCUT2D eigenvalue weighted by molar-refractivity contribution is 6.22. The van der Waals surface area contributed by atoms with E-state index in [0.29, 0.717) is 0 Å². The Bertz CT molecular complexity index is 2940. The lowest BCUT2D eigenvalue weighted by atomic mass is 9.84. The molecule has 10 aromatic rings. The van der Waals surface area contributed by atoms with Crippen molar-refractivity contribution in [2.75, 3.05) is 0 Å². The van der Waals surface area contributed by atoms with Crippen molar-refractivity contribution in [1.29, 1.82) is 0 Å². The van der Waals surface area contributed by atoms with Crippen LogP contribution in [-0.2, 0) is 0 Å². The van der Waals surface area contributed by atoms with E-state index in [9.17, 15) is 0 Å². The van der Waals surface area contributed by atoms with Gasteiger partial charge in [0.15, 0.2) is 0 Å². The van der Waals surface area contributed by atoms with Crippen molar-refractivity contribution in [2.45, 2.75) is 0 Å². The molecule has 0 aliphatic carbocycles. The van der Waals surface area contributed by atoms with Gasteiger partial charge in [0, 0.05) is 23.5 Å². The quantitative estimate of drug-likeness (QED) is 0.172. The third-order valence-electron chi connectivity index (χ3n) is 10.3. The Kier molecular flexibility index (Phi) is 7.18. The predicted octanol–water partition coefficient (Wildman–Crippen LogP) is 13.4. The van der Waals surface area contributed by atoms with Crippen LogP contribution < -0.4 is 0 Å². The van der Waals surface area contributed by atoms with Gasteiger partial charge >= 0.3 is 0 Å². The molecular weight excluding hydrogens is 629 g/mol. The number of hydrogen-bond donors (Lipinski definition) is 0. The minimum Gasteiger partial charge on any atom is -0.265 e. The average molecular weight is 661 g/mol. The molecular formula is C50H32N2. The Labute approximate surface area is 302 Å². The van der Waals surface area contributed by atoms with Gasteiger partial charge in [0.05, 0.1) is 11.4 Å². The van der Waals surface area contributed by atoms with E-state index >= 15 is 0 Å². The summed E-state index contributed by atoms with van der Waals surface area (Å²) in [4.78, 5) is 9.14. The number of hydrogen-bond acceptors (Lipinski definition) is 2. The van der Waals surface area contributed by atoms with Crippen LogP contribution >= 0.6 is 0 Å². The Hall–Kier alpha value is -6.90. The highest BCUT2D eigenvalue weighted by atomic mass is 14.7. The van der Waals surface area contributed by atoms with Crippen LogP contribution in [0.25, 0.3) is 99.0 Å². The SMILES string of the molecule is c1cc(-c2ccncc2)nc(-c2ccc(-c3ccc4c(-c5ccc6ccccc6c5)c5ccccc5c(-c5ccc6ccccc6c5)c4c3)cc2)c1. The average Bonchev–Trinajstić information content (AvgIpc) is 3.22. The molecule has 0 amide bonds. The van der Waals surface area contributed by atoms with Crippen LogP contribution in [0, 0.1) is 0 Å². The standard InChI is InChI=1S/C50H32N2/c1-3-10-38-30-41(22-18-33(38)8-1)49-43-12-5-6-13-44(43)50(42-23-19-34-9-2-4-11-39(34)31-42)46-32-40(24-25-45(46)49)35-16-20-36(21-17-35)47-14-7-15-48(52-47)37-26-28-51-29-27-37/h1-32H. The first-order valence-corrected chi connectivity index (χ1v) is 17.7. The molecule has 0 saturated carbocycles. The molecule has 2 aromatic heterocycles. The fourth-order valence-corrected chi connectivity index (χ4v) is 7.78. The van der Waals surface area contributed by atoms with Crippen LogP contribution in [0.1, 0.15) is 0 Å². The van der Waals surface area contributed by atoms with Crippen molar-refractivity contribution >= 4 is 43.1 Å². The molecule has 0 atom stereocenters. The van der Waals surface area contributed by atoms with Gasteiger partial charge in [-0.3, -0.25) is 4.98 Å². The molecule has 0 saturated heterocycles. The Morgan fingerprint density at radius 3 is 1.35 bits per heavy atom. The van der Waals surface area contributed by atoms with Crippen LogP contribution in [0.2, 0.25) is 0 Å². The molecule has 242 valence electrons. The van der Waals surface area contributed by atoms with E-state index < -0.39 is 0 Å². The Morgan fingerprint density at radius 1 is 0.269 bits per heavy atom. The lowest BCUT2D eigenvalue weighted by molar-refractivity contribution is 1.29. The van der Waals surface area contributed by atoms with E-state index in [1.54, 1.807) is 12.4 Å². The third-order valence-corrected chi connectivity index (χ3v) is 10.3. The molecule has 2 nitrogen and oxygen atoms in total. The van der Waals surface area contributed by atoms with Gasteiger partial charge in [-0.25, -0.2) is 4.98 Å². The van der Waals surface area contributed by atoms with E-state index in [1.807, 2.05) is 18.2 Å². The lowest BCUT2D eigenvalue weighted by Gasteiger charge is -2.19. The molecule has 2 heterocycles. The van der Waals surface area contributed by atoms with Crippen LogP contribution in [0.15, 0.2) is 194 Å². The third kappa shape index (κ3) is 5.21. The van der Waals surface area contributed by atoms with Crippen LogP contribution in [0.4, 0.5) is 0 Å². The van der Waals surface area contributed by atoms with Crippen molar-refractivity contribution in [3.63, 3.8) is 0 Å². The summed E-state index contributed by atoms with van der Waals surface area (Å²) >= 11 is 0. The summed E-state index contributed by atoms with van der Waals surface area (Å²) < 4.78 is 0. The second kappa shape index (κ2) is 12.5. The maximum absolute atomic E-state index is 4.98. The van der Waals surface area contributed by atoms with E-state index in [-0.39, 0.29) is 0 Å². The molecule has 0 bridgehead atoms. The van der Waals surface area contributed by atoms with Crippen LogP contribution in [0.3, 0.4) is 0 Å². The molecule has 0 aliphatic heterocycles. The van der Waals surface area contributed by atoms with Gasteiger partial charge in [0.1, 0.15) is 0 Å². The molecule has 0 aliphatic rings. The van der Waals surface area contributed by atoms with E-state index in [2.05, 4.69) is 169 Å². The van der Waals surface area contributed by atoms with E-state index in [1.165, 1.54) is 76.5 Å². The minimum atomic E-state index is 0.939. The number of aromatic nitrogens is 2. The summed E-state index contributed by atoms with van der Waals surface area (Å²) in [6, 6.07) is 65.9. The molecule has 0 fully saturated rings. The van der Waals surface area contributed by atoms with Crippen molar-refractivity contribution < 1.29 is 0 Å². The highest BCUT2D eigenvalue weighted by Crippen LogP contribution is 2.45. The summed E-state index contributed by atoms with van der Waals surface area (Å²) in [5, 5.41) is 9.97. The monoisotopic (exact) mass is 660 g/mol. The fraction of sp³-hybridized carbons (Fsp3) is 0. The number of benzene rings is 8. The Balaban J connectivity index is 1.17. The van der Waals surface area contributed by atoms with Gasteiger partial charge in [0.2, 0.25) is 0 Å². The van der Waals surface area contributed by atoms with Crippen LogP contribution in [-0.4, -0.2) is 9.97 Å². The van der Waals surface area contributed by atoms with E-state index in [0.717, 1.165) is 22.5 Å². The molecule has 10 rings (SSSR count). The van der Waals surface area contributed by atoms with Crippen molar-refractivity contribution in [1.82, 2.24) is 9.97 Å². The molecule has 2 heteroatoms. The number of pyridine rings is 2. The number of fused-ring (bicyclic) bond motifs is 4. The predicted molar refractivity (Wildman–Crippen MR) is 219 cm³/mol. The lowest BCUT2D eigenvalue weighted by Crippen LogP contribution is -1.92. The van der Waals surface area contributed by atoms with Gasteiger partial charge in [-0.05, 0) is 119 Å². The van der Waals surface area contributed by atoms with Gasteiger partial charge in [-0.2, -0.15) is 0 Å². The normalized spacial score (nSPS) is 11.5. The van der Waals surface area contributed by atoms with Crippen molar-refractivity contribution in [3.05, 3.63) is 194 Å². The first-order chi connectivity index (χ1) is 25.8. The first-order valence-electron chi connectivity index (χ1n) is 17.7. The zero-order chi connectivity index (χ0) is 34.4. The first kappa shape index (κ1) is 30.0. The fourth-order valence-electron chi connectivity index (χ4n) is 7.78. The summed E-state index contributed by atoms with van der Waals surface area (Å²) in [6.45, 7) is 0. The maximum Gasteiger partial charge on any atom is 0.0710 e. The van der Waals surface area contributed by atoms with Crippen molar-refractivity contribution in [2.24, 2.45) is 0 Å². The number of rotatable bonds is 5. The zero-order valence-electron chi connectivity index (χ0n) is 28.4. The largest absolute Gasteiger partial charge is 0.265 e. The van der Waals surface area contributed by atoms with E-state index in [4.69, 9.17) is 4.98 Å². The summed E-state index contributed by atoms with van der Waals surface area (Å²) in [5.74, 6) is 0. The van der Waals surface area contributed by atoms with Crippen molar-refractivity contribution in [3.8, 4) is 55.9 Å². The Morgan fingerprint density at radius 2 is 0.731 bits per heavy atom. The molecule has 0 unspecified atom stereocenters. The number of nitrogens with zero attached hydrogens (tertiary/aromatic N) is 2. The van der Waals surface area contributed by atoms with Gasteiger partial charge in [-0.15, -0.1) is 0 Å². The molecule has 8 aromatic carbocycles. The zero-order valence-corrected chi connectivity index (χ0v) is 28.4. The summed E-state index contributed by atoms with van der Waals surface area (Å²) in [6.07, 6.45) is 3.61. The smallest absolute Gasteiger partial charge is 0.0710 e. The second-order valence-electron chi connectivity index (χ2n) is 13.4.